The lowest BCUT2D eigenvalue weighted by atomic mass is 10.2. The molecule has 0 aromatic carbocycles. The van der Waals surface area contributed by atoms with Crippen LogP contribution in [0, 0.1) is 0 Å². The molecule has 0 spiro atoms. The first-order chi connectivity index (χ1) is 13.0. The lowest BCUT2D eigenvalue weighted by molar-refractivity contribution is -0.123. The maximum Gasteiger partial charge on any atom is 0.486 e. The van der Waals surface area contributed by atoms with Crippen LogP contribution in [0.4, 0.5) is 0 Å². The normalized spacial score (nSPS) is 17.6. The van der Waals surface area contributed by atoms with Gasteiger partial charge in [0.15, 0.2) is 11.6 Å². The smallest absolute Gasteiger partial charge is 0.361 e. The molecule has 0 aliphatic heterocycles. The van der Waals surface area contributed by atoms with Gasteiger partial charge in [-0.2, -0.15) is 0 Å². The number of hydrogen-bond acceptors (Lipinski definition) is 9. The number of Topliss-reactive ketones (excluding diaryl/α,β-unsaturated/α-hetero) is 2. The molecule has 0 aliphatic carbocycles. The van der Waals surface area contributed by atoms with E-state index < -0.39 is 60.5 Å². The molecule has 0 bridgehead atoms. The fraction of sp³-hybridized carbons (Fsp3) is 0.571. The molecule has 0 aromatic heterocycles. The zero-order chi connectivity index (χ0) is 22.9. The van der Waals surface area contributed by atoms with Gasteiger partial charge >= 0.3 is 23.0 Å². The van der Waals surface area contributed by atoms with E-state index in [0.717, 1.165) is 0 Å². The van der Waals surface area contributed by atoms with Crippen LogP contribution < -0.4 is 0 Å². The molecule has 12 nitrogen and oxygen atoms in total. The molecule has 168 valence electrons. The number of ether oxygens (including phenoxy) is 2. The molecule has 0 amide bonds. The molecular formula is C14H25O12P3. The topological polar surface area (TPSA) is 183 Å². The van der Waals surface area contributed by atoms with Gasteiger partial charge in [0.2, 0.25) is 0 Å². The summed E-state index contributed by atoms with van der Waals surface area (Å²) < 4.78 is 52.4. The molecule has 2 unspecified atom stereocenters. The Bertz CT molecular complexity index is 714. The minimum absolute atomic E-state index is 0.0270. The first-order valence-electron chi connectivity index (χ1n) is 7.90. The minimum Gasteiger partial charge on any atom is -0.361 e. The molecule has 29 heavy (non-hydrogen) atoms. The van der Waals surface area contributed by atoms with E-state index in [0.29, 0.717) is 11.1 Å². The van der Waals surface area contributed by atoms with Gasteiger partial charge in [0.05, 0.1) is 0 Å². The van der Waals surface area contributed by atoms with Crippen LogP contribution >= 0.6 is 23.0 Å². The van der Waals surface area contributed by atoms with Crippen LogP contribution in [0.5, 0.6) is 0 Å². The Morgan fingerprint density at radius 1 is 0.759 bits per heavy atom. The summed E-state index contributed by atoms with van der Waals surface area (Å²) in [6.07, 6.45) is -2.35. The first-order valence-corrected chi connectivity index (χ1v) is 12.9. The molecule has 0 saturated carbocycles. The average molecular weight is 478 g/mol. The van der Waals surface area contributed by atoms with E-state index in [-0.39, 0.29) is 12.8 Å². The third kappa shape index (κ3) is 15.7. The number of hydrogen-bond donors (Lipinski definition) is 3. The lowest BCUT2D eigenvalue weighted by Crippen LogP contribution is -2.11. The fourth-order valence-electron chi connectivity index (χ4n) is 1.71. The van der Waals surface area contributed by atoms with Gasteiger partial charge in [-0.25, -0.2) is 13.2 Å². The highest BCUT2D eigenvalue weighted by Crippen LogP contribution is 2.66. The predicted octanol–water partition coefficient (Wildman–Crippen LogP) is 2.51. The van der Waals surface area contributed by atoms with Crippen molar-refractivity contribution in [3.05, 3.63) is 24.3 Å². The van der Waals surface area contributed by atoms with E-state index in [4.69, 9.17) is 0 Å². The number of carbonyl (C=O) groups is 2. The third-order valence-corrected chi connectivity index (χ3v) is 7.20. The Kier molecular flexibility index (Phi) is 11.9. The van der Waals surface area contributed by atoms with Crippen molar-refractivity contribution in [3.63, 3.8) is 0 Å². The predicted molar refractivity (Wildman–Crippen MR) is 102 cm³/mol. The number of ketones is 2. The number of phosphoric acid groups is 1. The zero-order valence-electron chi connectivity index (χ0n) is 16.0. The third-order valence-electron chi connectivity index (χ3n) is 2.49. The molecule has 0 radical (unpaired) electrons. The standard InChI is InChI=1S/C14H25O12P3/c1-11(2)5-13(15)7-23-9-27(17,18)25-29(21,22)26-28(19,20)10-24-8-14(16)6-12(3)4/h1,3,5-10H2,2,4H3,(H,17,18)(H,19,20)(H,21,22). The summed E-state index contributed by atoms with van der Waals surface area (Å²) in [5.74, 6) is -0.918. The maximum atomic E-state index is 11.7. The summed E-state index contributed by atoms with van der Waals surface area (Å²) in [5.41, 5.74) is 1.08. The second-order valence-corrected chi connectivity index (χ2v) is 11.5. The van der Waals surface area contributed by atoms with E-state index in [9.17, 15) is 38.0 Å². The lowest BCUT2D eigenvalue weighted by Gasteiger charge is -2.18. The van der Waals surface area contributed by atoms with Crippen LogP contribution in [0.2, 0.25) is 0 Å². The summed E-state index contributed by atoms with van der Waals surface area (Å²) in [6.45, 7) is 9.02. The molecule has 2 atom stereocenters. The minimum atomic E-state index is -5.49. The molecule has 0 heterocycles. The van der Waals surface area contributed by atoms with Crippen molar-refractivity contribution >= 4 is 34.6 Å². The molecule has 0 aliphatic rings. The van der Waals surface area contributed by atoms with Gasteiger partial charge in [0.25, 0.3) is 0 Å². The maximum absolute atomic E-state index is 11.7. The average Bonchev–Trinajstić information content (AvgIpc) is 2.41. The summed E-state index contributed by atoms with van der Waals surface area (Å²) in [5, 5.41) is 0. The molecular weight excluding hydrogens is 453 g/mol. The van der Waals surface area contributed by atoms with E-state index >= 15 is 0 Å². The van der Waals surface area contributed by atoms with Gasteiger partial charge in [-0.05, 0) is 13.8 Å². The Hall–Kier alpha value is -0.770. The van der Waals surface area contributed by atoms with Crippen molar-refractivity contribution in [2.75, 3.05) is 25.9 Å². The van der Waals surface area contributed by atoms with Gasteiger partial charge in [-0.1, -0.05) is 24.3 Å². The van der Waals surface area contributed by atoms with E-state index in [1.165, 1.54) is 0 Å². The van der Waals surface area contributed by atoms with Crippen LogP contribution in [0.3, 0.4) is 0 Å². The monoisotopic (exact) mass is 478 g/mol. The van der Waals surface area contributed by atoms with Crippen molar-refractivity contribution in [2.24, 2.45) is 0 Å². The van der Waals surface area contributed by atoms with Crippen LogP contribution in [0.1, 0.15) is 26.7 Å². The van der Waals surface area contributed by atoms with Crippen LogP contribution in [-0.2, 0) is 41.4 Å². The SMILES string of the molecule is C=C(C)CC(=O)COCP(=O)(O)OP(=O)(O)OP(=O)(O)COCC(=O)CC(=C)C. The highest BCUT2D eigenvalue weighted by Gasteiger charge is 2.40. The largest absolute Gasteiger partial charge is 0.486 e. The molecule has 0 aromatic rings. The molecule has 3 N–H and O–H groups in total. The molecule has 15 heteroatoms. The van der Waals surface area contributed by atoms with Crippen LogP contribution in [0.15, 0.2) is 24.3 Å². The highest BCUT2D eigenvalue weighted by atomic mass is 31.3. The Morgan fingerprint density at radius 2 is 1.07 bits per heavy atom. The van der Waals surface area contributed by atoms with E-state index in [2.05, 4.69) is 31.3 Å². The quantitative estimate of drug-likeness (QED) is 0.218. The zero-order valence-corrected chi connectivity index (χ0v) is 18.7. The van der Waals surface area contributed by atoms with Gasteiger partial charge in [-0.3, -0.25) is 18.7 Å². The second-order valence-electron chi connectivity index (χ2n) is 6.21. The Balaban J connectivity index is 4.56. The van der Waals surface area contributed by atoms with Crippen molar-refractivity contribution in [1.82, 2.24) is 0 Å². The van der Waals surface area contributed by atoms with Crippen LogP contribution in [-0.4, -0.2) is 52.2 Å². The number of rotatable bonds is 16. The van der Waals surface area contributed by atoms with Crippen molar-refractivity contribution in [2.45, 2.75) is 26.7 Å². The van der Waals surface area contributed by atoms with Crippen molar-refractivity contribution in [1.29, 1.82) is 0 Å². The van der Waals surface area contributed by atoms with Crippen molar-refractivity contribution < 1.29 is 56.1 Å². The summed E-state index contributed by atoms with van der Waals surface area (Å²) in [6, 6.07) is 0. The van der Waals surface area contributed by atoms with Crippen molar-refractivity contribution in [3.8, 4) is 0 Å². The Morgan fingerprint density at radius 3 is 1.34 bits per heavy atom. The molecule has 0 rings (SSSR count). The van der Waals surface area contributed by atoms with Crippen LogP contribution in [0.25, 0.3) is 0 Å². The number of allylic oxidation sites excluding steroid dienone is 2. The van der Waals surface area contributed by atoms with E-state index in [1.807, 2.05) is 0 Å². The first kappa shape index (κ1) is 28.2. The van der Waals surface area contributed by atoms with Gasteiger partial charge in [0.1, 0.15) is 25.9 Å². The summed E-state index contributed by atoms with van der Waals surface area (Å²) >= 11 is 0. The molecule has 0 saturated heterocycles. The second kappa shape index (κ2) is 12.2. The van der Waals surface area contributed by atoms with Gasteiger partial charge in [-0.15, -0.1) is 0 Å². The fourth-order valence-corrected chi connectivity index (χ4v) is 5.70. The number of carbonyl (C=O) groups excluding carboxylic acids is 2. The Labute approximate surface area is 168 Å². The molecule has 0 fully saturated rings. The summed E-state index contributed by atoms with van der Waals surface area (Å²) in [7, 11) is -15.3. The summed E-state index contributed by atoms with van der Waals surface area (Å²) in [4.78, 5) is 51.2. The van der Waals surface area contributed by atoms with Gasteiger partial charge in [0, 0.05) is 12.8 Å². The van der Waals surface area contributed by atoms with E-state index in [1.54, 1.807) is 13.8 Å². The van der Waals surface area contributed by atoms with Gasteiger partial charge < -0.3 is 24.2 Å². The highest BCUT2D eigenvalue weighted by molar-refractivity contribution is 7.69.